The van der Waals surface area contributed by atoms with Crippen molar-refractivity contribution in [1.82, 2.24) is 0 Å². The lowest BCUT2D eigenvalue weighted by Gasteiger charge is -2.12. The average molecular weight is 327 g/mol. The standard InChI is InChI=1S/C13H18N4O4S/c14-12(15)17-22(19,20)11-7-5-9(6-8-11)16-13(18)21-10-3-1-2-4-10/h5-8,10H,1-4H2,(H,16,18)(H4,14,15,17)/p+1. The lowest BCUT2D eigenvalue weighted by molar-refractivity contribution is -0.270. The number of carbonyl (C=O) groups excluding carboxylic acids is 1. The Morgan fingerprint density at radius 2 is 1.77 bits per heavy atom. The summed E-state index contributed by atoms with van der Waals surface area (Å²) < 4.78 is 30.8. The summed E-state index contributed by atoms with van der Waals surface area (Å²) in [6, 6.07) is 5.57. The molecule has 8 nitrogen and oxygen atoms in total. The largest absolute Gasteiger partial charge is 0.446 e. The van der Waals surface area contributed by atoms with Crippen LogP contribution >= 0.6 is 0 Å². The van der Waals surface area contributed by atoms with Crippen molar-refractivity contribution in [3.05, 3.63) is 24.3 Å². The number of nitrogens with two attached hydrogens (primary N) is 2. The molecule has 1 saturated carbocycles. The van der Waals surface area contributed by atoms with E-state index in [1.54, 1.807) is 0 Å². The Morgan fingerprint density at radius 1 is 1.18 bits per heavy atom. The summed E-state index contributed by atoms with van der Waals surface area (Å²) in [5.41, 5.74) is 10.7. The molecule has 0 saturated heterocycles. The monoisotopic (exact) mass is 327 g/mol. The van der Waals surface area contributed by atoms with E-state index in [2.05, 4.69) is 5.32 Å². The maximum atomic E-state index is 11.8. The molecular formula is C13H19N4O4S+. The van der Waals surface area contributed by atoms with Gasteiger partial charge in [0.15, 0.2) is 0 Å². The molecule has 0 unspecified atom stereocenters. The molecule has 0 aromatic heterocycles. The highest BCUT2D eigenvalue weighted by Crippen LogP contribution is 2.21. The smallest absolute Gasteiger partial charge is 0.411 e. The van der Waals surface area contributed by atoms with E-state index in [-0.39, 0.29) is 11.0 Å². The SMILES string of the molecule is NC(N)=[NH+]S(=O)(=O)c1ccc(NC(=O)OC2CCCC2)cc1. The van der Waals surface area contributed by atoms with Crippen LogP contribution in [0.4, 0.5) is 10.5 Å². The van der Waals surface area contributed by atoms with Crippen molar-refractivity contribution in [3.8, 4) is 0 Å². The number of ether oxygens (including phenoxy) is 1. The molecule has 1 aromatic carbocycles. The molecule has 0 spiro atoms. The van der Waals surface area contributed by atoms with E-state index in [0.717, 1.165) is 25.7 Å². The van der Waals surface area contributed by atoms with Crippen LogP contribution in [0.15, 0.2) is 29.2 Å². The Kier molecular flexibility index (Phi) is 4.86. The molecule has 1 amide bonds. The molecular weight excluding hydrogens is 308 g/mol. The van der Waals surface area contributed by atoms with Crippen LogP contribution in [0.3, 0.4) is 0 Å². The second-order valence-electron chi connectivity index (χ2n) is 5.02. The number of anilines is 1. The molecule has 1 aliphatic carbocycles. The van der Waals surface area contributed by atoms with E-state index in [9.17, 15) is 13.2 Å². The molecule has 0 bridgehead atoms. The molecule has 22 heavy (non-hydrogen) atoms. The van der Waals surface area contributed by atoms with Crippen molar-refractivity contribution in [2.75, 3.05) is 5.32 Å². The minimum Gasteiger partial charge on any atom is -0.446 e. The highest BCUT2D eigenvalue weighted by atomic mass is 32.2. The predicted octanol–water partition coefficient (Wildman–Crippen LogP) is -0.780. The third kappa shape index (κ3) is 4.35. The topological polar surface area (TPSA) is 138 Å². The Labute approximate surface area is 128 Å². The molecule has 6 N–H and O–H groups in total. The second-order valence-corrected chi connectivity index (χ2v) is 6.70. The first kappa shape index (κ1) is 16.1. The van der Waals surface area contributed by atoms with Gasteiger partial charge in [-0.3, -0.25) is 16.8 Å². The summed E-state index contributed by atoms with van der Waals surface area (Å²) >= 11 is 0. The van der Waals surface area contributed by atoms with E-state index < -0.39 is 22.1 Å². The summed E-state index contributed by atoms with van der Waals surface area (Å²) in [5, 5.41) is 2.56. The number of hydrogen-bond donors (Lipinski definition) is 4. The summed E-state index contributed by atoms with van der Waals surface area (Å²) in [6.45, 7) is 0. The number of benzene rings is 1. The highest BCUT2D eigenvalue weighted by Gasteiger charge is 2.19. The van der Waals surface area contributed by atoms with Crippen LogP contribution < -0.4 is 21.2 Å². The maximum Gasteiger partial charge on any atom is 0.411 e. The van der Waals surface area contributed by atoms with Gasteiger partial charge in [0.1, 0.15) is 11.0 Å². The fourth-order valence-corrected chi connectivity index (χ4v) is 3.16. The van der Waals surface area contributed by atoms with Gasteiger partial charge in [0.05, 0.1) is 0 Å². The zero-order valence-corrected chi connectivity index (χ0v) is 12.7. The number of nitrogens with one attached hydrogen (secondary N) is 2. The minimum atomic E-state index is -3.80. The zero-order chi connectivity index (χ0) is 16.2. The fourth-order valence-electron chi connectivity index (χ4n) is 2.24. The Bertz CT molecular complexity index is 660. The van der Waals surface area contributed by atoms with Crippen molar-refractivity contribution in [2.45, 2.75) is 36.7 Å². The molecule has 0 heterocycles. The van der Waals surface area contributed by atoms with Crippen LogP contribution in [0, 0.1) is 0 Å². The number of carbonyl (C=O) groups is 1. The second kappa shape index (κ2) is 6.65. The predicted molar refractivity (Wildman–Crippen MR) is 80.3 cm³/mol. The summed E-state index contributed by atoms with van der Waals surface area (Å²) in [5.74, 6) is -0.414. The van der Waals surface area contributed by atoms with Gasteiger partial charge in [-0.15, -0.1) is 0 Å². The van der Waals surface area contributed by atoms with E-state index in [1.165, 1.54) is 24.3 Å². The number of rotatable bonds is 4. The maximum absolute atomic E-state index is 11.8. The van der Waals surface area contributed by atoms with E-state index in [0.29, 0.717) is 5.69 Å². The Balaban J connectivity index is 2.00. The van der Waals surface area contributed by atoms with Crippen LogP contribution in [0.1, 0.15) is 25.7 Å². The van der Waals surface area contributed by atoms with E-state index >= 15 is 0 Å². The van der Waals surface area contributed by atoms with Crippen molar-refractivity contribution < 1.29 is 22.3 Å². The summed E-state index contributed by atoms with van der Waals surface area (Å²) in [6.07, 6.45) is 3.32. The average Bonchev–Trinajstić information content (AvgIpc) is 2.90. The van der Waals surface area contributed by atoms with Gasteiger partial charge in [0, 0.05) is 5.69 Å². The molecule has 120 valence electrons. The van der Waals surface area contributed by atoms with Gasteiger partial charge in [0.2, 0.25) is 0 Å². The van der Waals surface area contributed by atoms with E-state index in [1.807, 2.05) is 4.40 Å². The molecule has 0 aliphatic heterocycles. The summed E-state index contributed by atoms with van der Waals surface area (Å²) in [7, 11) is -3.80. The molecule has 1 aromatic rings. The molecule has 0 radical (unpaired) electrons. The van der Waals surface area contributed by atoms with Crippen LogP contribution in [0.2, 0.25) is 0 Å². The third-order valence-electron chi connectivity index (χ3n) is 3.24. The Hall–Kier alpha value is -2.29. The van der Waals surface area contributed by atoms with Crippen molar-refractivity contribution in [1.29, 1.82) is 0 Å². The van der Waals surface area contributed by atoms with Crippen molar-refractivity contribution in [3.63, 3.8) is 0 Å². The van der Waals surface area contributed by atoms with Gasteiger partial charge in [0.25, 0.3) is 0 Å². The molecule has 2 rings (SSSR count). The Morgan fingerprint density at radius 3 is 2.32 bits per heavy atom. The van der Waals surface area contributed by atoms with Gasteiger partial charge in [-0.05, 0) is 49.9 Å². The van der Waals surface area contributed by atoms with Gasteiger partial charge in [-0.25, -0.2) is 4.79 Å². The molecule has 1 aliphatic rings. The number of hydrogen-bond acceptors (Lipinski definition) is 4. The lowest BCUT2D eigenvalue weighted by Crippen LogP contribution is -2.80. The van der Waals surface area contributed by atoms with Crippen LogP contribution in [-0.2, 0) is 14.8 Å². The first-order valence-electron chi connectivity index (χ1n) is 6.85. The normalized spacial score (nSPS) is 15.3. The van der Waals surface area contributed by atoms with Crippen molar-refractivity contribution >= 4 is 27.8 Å². The minimum absolute atomic E-state index is 0.0180. The van der Waals surface area contributed by atoms with Crippen LogP contribution in [-0.4, -0.2) is 26.6 Å². The number of sulfonamides is 1. The highest BCUT2D eigenvalue weighted by molar-refractivity contribution is 7.84. The number of guanidine groups is 1. The van der Waals surface area contributed by atoms with Gasteiger partial charge < -0.3 is 4.74 Å². The van der Waals surface area contributed by atoms with Gasteiger partial charge in [-0.1, -0.05) is 0 Å². The molecule has 1 fully saturated rings. The van der Waals surface area contributed by atoms with Crippen LogP contribution in [0.25, 0.3) is 0 Å². The third-order valence-corrected chi connectivity index (χ3v) is 4.64. The first-order valence-corrected chi connectivity index (χ1v) is 8.33. The first-order chi connectivity index (χ1) is 10.4. The summed E-state index contributed by atoms with van der Waals surface area (Å²) in [4.78, 5) is 11.7. The van der Waals surface area contributed by atoms with Gasteiger partial charge >= 0.3 is 22.1 Å². The number of amides is 1. The molecule has 9 heteroatoms. The van der Waals surface area contributed by atoms with Crippen molar-refractivity contribution in [2.24, 2.45) is 11.5 Å². The lowest BCUT2D eigenvalue weighted by atomic mass is 10.3. The zero-order valence-electron chi connectivity index (χ0n) is 11.9. The van der Waals surface area contributed by atoms with E-state index in [4.69, 9.17) is 16.2 Å². The quantitative estimate of drug-likeness (QED) is 0.423. The fraction of sp³-hybridized carbons (Fsp3) is 0.385. The van der Waals surface area contributed by atoms with Gasteiger partial charge in [-0.2, -0.15) is 12.8 Å². The molecule has 0 atom stereocenters. The van der Waals surface area contributed by atoms with Crippen LogP contribution in [0.5, 0.6) is 0 Å².